The van der Waals surface area contributed by atoms with E-state index in [4.69, 9.17) is 4.98 Å². The van der Waals surface area contributed by atoms with Crippen LogP contribution in [0.25, 0.3) is 0 Å². The summed E-state index contributed by atoms with van der Waals surface area (Å²) in [6.45, 7) is 0. The smallest absolute Gasteiger partial charge is 0.416 e. The van der Waals surface area contributed by atoms with Crippen molar-refractivity contribution in [2.45, 2.75) is 82.7 Å². The molecule has 1 heterocycles. The van der Waals surface area contributed by atoms with Gasteiger partial charge in [-0.15, -0.1) is 0 Å². The number of benzene rings is 1. The largest absolute Gasteiger partial charge is 0.481 e. The molecule has 6 heteroatoms. The molecule has 0 radical (unpaired) electrons. The van der Waals surface area contributed by atoms with Crippen molar-refractivity contribution in [2.75, 3.05) is 0 Å². The highest BCUT2D eigenvalue weighted by molar-refractivity contribution is 5.68. The van der Waals surface area contributed by atoms with Gasteiger partial charge in [-0.25, -0.2) is 0 Å². The quantitative estimate of drug-likeness (QED) is 0.423. The van der Waals surface area contributed by atoms with Gasteiger partial charge in [-0.05, 0) is 74.1 Å². The van der Waals surface area contributed by atoms with Gasteiger partial charge >= 0.3 is 12.1 Å². The molecule has 1 aromatic carbocycles. The third kappa shape index (κ3) is 7.08. The second-order valence-electron chi connectivity index (χ2n) is 8.49. The number of hydrogen-bond donors (Lipinski definition) is 1. The zero-order valence-corrected chi connectivity index (χ0v) is 17.8. The highest BCUT2D eigenvalue weighted by Crippen LogP contribution is 2.33. The van der Waals surface area contributed by atoms with Crippen LogP contribution in [0.2, 0.25) is 0 Å². The molecule has 1 aliphatic rings. The van der Waals surface area contributed by atoms with Crippen molar-refractivity contribution in [1.29, 1.82) is 0 Å². The molecule has 1 aliphatic carbocycles. The Labute approximate surface area is 181 Å². The number of aromatic nitrogens is 1. The zero-order chi connectivity index (χ0) is 22.3. The van der Waals surface area contributed by atoms with Gasteiger partial charge in [-0.3, -0.25) is 9.78 Å². The number of pyridine rings is 1. The Bertz CT molecular complexity index is 879. The number of alkyl halides is 3. The lowest BCUT2D eigenvalue weighted by molar-refractivity contribution is -0.138. The fourth-order valence-corrected chi connectivity index (χ4v) is 4.38. The third-order valence-electron chi connectivity index (χ3n) is 6.08. The second kappa shape index (κ2) is 10.8. The SMILES string of the molecule is O=C(O)CC(CCCCCCc1ccc2c(n1)CCCC2)c1cccc(C(F)(F)F)c1. The van der Waals surface area contributed by atoms with Crippen molar-refractivity contribution < 1.29 is 23.1 Å². The molecule has 1 unspecified atom stereocenters. The van der Waals surface area contributed by atoms with Crippen LogP contribution in [-0.4, -0.2) is 16.1 Å². The fraction of sp³-hybridized carbons (Fsp3) is 0.520. The normalized spacial score (nSPS) is 14.8. The van der Waals surface area contributed by atoms with Crippen LogP contribution in [0.1, 0.15) is 85.4 Å². The minimum absolute atomic E-state index is 0.152. The molecule has 0 fully saturated rings. The van der Waals surface area contributed by atoms with E-state index in [0.717, 1.165) is 62.8 Å². The Kier molecular flexibility index (Phi) is 8.10. The molecule has 31 heavy (non-hydrogen) atoms. The van der Waals surface area contributed by atoms with Crippen molar-refractivity contribution in [3.8, 4) is 0 Å². The molecular formula is C25H30F3NO2. The van der Waals surface area contributed by atoms with Crippen molar-refractivity contribution >= 4 is 5.97 Å². The van der Waals surface area contributed by atoms with Gasteiger partial charge in [0.1, 0.15) is 0 Å². The first kappa shape index (κ1) is 23.3. The molecule has 3 nitrogen and oxygen atoms in total. The van der Waals surface area contributed by atoms with Crippen LogP contribution < -0.4 is 0 Å². The summed E-state index contributed by atoms with van der Waals surface area (Å²) >= 11 is 0. The van der Waals surface area contributed by atoms with Crippen LogP contribution >= 0.6 is 0 Å². The molecule has 1 N–H and O–H groups in total. The molecule has 0 saturated carbocycles. The van der Waals surface area contributed by atoms with E-state index >= 15 is 0 Å². The Morgan fingerprint density at radius 2 is 1.81 bits per heavy atom. The van der Waals surface area contributed by atoms with Gasteiger partial charge in [0.05, 0.1) is 12.0 Å². The van der Waals surface area contributed by atoms with Crippen LogP contribution in [-0.2, 0) is 30.2 Å². The Morgan fingerprint density at radius 1 is 1.03 bits per heavy atom. The highest BCUT2D eigenvalue weighted by Gasteiger charge is 2.31. The van der Waals surface area contributed by atoms with E-state index < -0.39 is 23.6 Å². The van der Waals surface area contributed by atoms with Crippen LogP contribution in [0.5, 0.6) is 0 Å². The Balaban J connectivity index is 1.46. The maximum absolute atomic E-state index is 13.0. The van der Waals surface area contributed by atoms with Crippen LogP contribution in [0.3, 0.4) is 0 Å². The van der Waals surface area contributed by atoms with Gasteiger partial charge in [0.25, 0.3) is 0 Å². The van der Waals surface area contributed by atoms with Crippen LogP contribution in [0.4, 0.5) is 13.2 Å². The molecule has 0 amide bonds. The number of rotatable bonds is 10. The first-order valence-electron chi connectivity index (χ1n) is 11.2. The number of fused-ring (bicyclic) bond motifs is 1. The number of nitrogens with zero attached hydrogens (tertiary/aromatic N) is 1. The van der Waals surface area contributed by atoms with Crippen LogP contribution in [0.15, 0.2) is 36.4 Å². The summed E-state index contributed by atoms with van der Waals surface area (Å²) < 4.78 is 39.0. The van der Waals surface area contributed by atoms with Crippen molar-refractivity contribution in [3.05, 3.63) is 64.5 Å². The average molecular weight is 434 g/mol. The fourth-order valence-electron chi connectivity index (χ4n) is 4.38. The molecule has 0 bridgehead atoms. The number of halogens is 3. The molecular weight excluding hydrogens is 403 g/mol. The topological polar surface area (TPSA) is 50.2 Å². The first-order valence-corrected chi connectivity index (χ1v) is 11.2. The summed E-state index contributed by atoms with van der Waals surface area (Å²) in [6.07, 6.45) is 5.34. The maximum Gasteiger partial charge on any atom is 0.416 e. The Morgan fingerprint density at radius 3 is 2.58 bits per heavy atom. The standard InChI is InChI=1S/C25H30F3NO2/c26-25(27,28)21-11-7-10-19(16-21)20(17-24(30)31)9-3-1-2-4-12-22-15-14-18-8-5-6-13-23(18)29-22/h7,10-11,14-16,20H,1-6,8-9,12-13,17H2,(H,30,31). The molecule has 1 atom stereocenters. The first-order chi connectivity index (χ1) is 14.8. The van der Waals surface area contributed by atoms with E-state index in [1.165, 1.54) is 30.2 Å². The van der Waals surface area contributed by atoms with Crippen molar-refractivity contribution in [3.63, 3.8) is 0 Å². The van der Waals surface area contributed by atoms with Gasteiger partial charge in [-0.2, -0.15) is 13.2 Å². The van der Waals surface area contributed by atoms with Crippen molar-refractivity contribution in [2.24, 2.45) is 0 Å². The number of hydrogen-bond acceptors (Lipinski definition) is 2. The molecule has 1 aromatic heterocycles. The van der Waals surface area contributed by atoms with E-state index in [2.05, 4.69) is 12.1 Å². The molecule has 0 aliphatic heterocycles. The van der Waals surface area contributed by atoms with E-state index in [9.17, 15) is 23.1 Å². The third-order valence-corrected chi connectivity index (χ3v) is 6.08. The number of aliphatic carboxylic acids is 1. The second-order valence-corrected chi connectivity index (χ2v) is 8.49. The molecule has 3 rings (SSSR count). The lowest BCUT2D eigenvalue weighted by Crippen LogP contribution is -2.10. The summed E-state index contributed by atoms with van der Waals surface area (Å²) in [5, 5.41) is 9.20. The number of unbranched alkanes of at least 4 members (excludes halogenated alkanes) is 3. The van der Waals surface area contributed by atoms with Gasteiger partial charge in [0.2, 0.25) is 0 Å². The minimum atomic E-state index is -4.42. The van der Waals surface area contributed by atoms with Crippen LogP contribution in [0, 0.1) is 0 Å². The van der Waals surface area contributed by atoms with E-state index in [1.807, 2.05) is 0 Å². The zero-order valence-electron chi connectivity index (χ0n) is 17.8. The van der Waals surface area contributed by atoms with E-state index in [-0.39, 0.29) is 6.42 Å². The van der Waals surface area contributed by atoms with E-state index in [0.29, 0.717) is 12.0 Å². The molecule has 0 saturated heterocycles. The number of aryl methyl sites for hydroxylation is 3. The molecule has 2 aromatic rings. The lowest BCUT2D eigenvalue weighted by Gasteiger charge is -2.17. The molecule has 168 valence electrons. The molecule has 0 spiro atoms. The number of carbonyl (C=O) groups is 1. The van der Waals surface area contributed by atoms with E-state index in [1.54, 1.807) is 6.07 Å². The Hall–Kier alpha value is -2.37. The predicted octanol–water partition coefficient (Wildman–Crippen LogP) is 6.73. The summed E-state index contributed by atoms with van der Waals surface area (Å²) in [5.74, 6) is -1.39. The van der Waals surface area contributed by atoms with Gasteiger partial charge in [0, 0.05) is 11.4 Å². The minimum Gasteiger partial charge on any atom is -0.481 e. The summed E-state index contributed by atoms with van der Waals surface area (Å²) in [7, 11) is 0. The summed E-state index contributed by atoms with van der Waals surface area (Å²) in [5.41, 5.74) is 3.50. The number of carboxylic acids is 1. The van der Waals surface area contributed by atoms with Gasteiger partial charge in [0.15, 0.2) is 0 Å². The number of carboxylic acid groups (broad SMARTS) is 1. The predicted molar refractivity (Wildman–Crippen MR) is 114 cm³/mol. The average Bonchev–Trinajstić information content (AvgIpc) is 2.74. The lowest BCUT2D eigenvalue weighted by atomic mass is 9.89. The summed E-state index contributed by atoms with van der Waals surface area (Å²) in [4.78, 5) is 16.0. The maximum atomic E-state index is 13.0. The van der Waals surface area contributed by atoms with Gasteiger partial charge < -0.3 is 5.11 Å². The van der Waals surface area contributed by atoms with Crippen molar-refractivity contribution in [1.82, 2.24) is 4.98 Å². The highest BCUT2D eigenvalue weighted by atomic mass is 19.4. The monoisotopic (exact) mass is 433 g/mol. The summed E-state index contributed by atoms with van der Waals surface area (Å²) in [6, 6.07) is 9.41. The van der Waals surface area contributed by atoms with Gasteiger partial charge in [-0.1, -0.05) is 43.5 Å².